The summed E-state index contributed by atoms with van der Waals surface area (Å²) in [7, 11) is -3.65. The molecule has 1 atom stereocenters. The van der Waals surface area contributed by atoms with Crippen molar-refractivity contribution in [1.82, 2.24) is 9.97 Å². The highest BCUT2D eigenvalue weighted by Gasteiger charge is 2.56. The molecule has 0 amide bonds. The van der Waals surface area contributed by atoms with Crippen molar-refractivity contribution >= 4 is 44.1 Å². The molecule has 3 aromatic rings. The molecule has 35 heavy (non-hydrogen) atoms. The molecule has 5 nitrogen and oxygen atoms in total. The number of aromatic amines is 1. The fraction of sp³-hybridized carbons (Fsp3) is 0.458. The lowest BCUT2D eigenvalue weighted by Gasteiger charge is -2.38. The topological polar surface area (TPSA) is 83.0 Å². The van der Waals surface area contributed by atoms with Gasteiger partial charge in [-0.1, -0.05) is 25.4 Å². The van der Waals surface area contributed by atoms with E-state index in [0.717, 1.165) is 4.90 Å². The first-order valence-corrected chi connectivity index (χ1v) is 14.0. The zero-order chi connectivity index (χ0) is 26.4. The van der Waals surface area contributed by atoms with Crippen molar-refractivity contribution in [3.8, 4) is 0 Å². The molecule has 2 aromatic heterocycles. The van der Waals surface area contributed by atoms with Gasteiger partial charge in [0.1, 0.15) is 0 Å². The Bertz CT molecular complexity index is 1340. The molecular weight excluding hydrogens is 521 g/mol. The predicted octanol–water partition coefficient (Wildman–Crippen LogP) is 6.32. The number of aliphatic hydroxyl groups is 1. The van der Waals surface area contributed by atoms with Crippen LogP contribution in [-0.4, -0.2) is 46.8 Å². The Morgan fingerprint density at radius 1 is 1.17 bits per heavy atom. The van der Waals surface area contributed by atoms with Crippen molar-refractivity contribution in [1.29, 1.82) is 0 Å². The van der Waals surface area contributed by atoms with Crippen LogP contribution in [0.15, 0.2) is 46.5 Å². The number of thioether (sulfide) groups is 1. The highest BCUT2D eigenvalue weighted by atomic mass is 35.5. The number of benzene rings is 1. The SMILES string of the molecule is CSc1ccc(Cl)cc1C(C)(C)CC(O)(Cc1cc2cc(S(=O)(=O)C(C)C)ncc2[nH]1)C(F)(F)F. The monoisotopic (exact) mass is 548 g/mol. The van der Waals surface area contributed by atoms with E-state index in [-0.39, 0.29) is 10.7 Å². The van der Waals surface area contributed by atoms with E-state index in [1.54, 1.807) is 32.0 Å². The largest absolute Gasteiger partial charge is 0.417 e. The molecule has 0 saturated heterocycles. The Hall–Kier alpha value is -1.75. The summed E-state index contributed by atoms with van der Waals surface area (Å²) < 4.78 is 67.7. The third kappa shape index (κ3) is 5.65. The van der Waals surface area contributed by atoms with Crippen molar-refractivity contribution < 1.29 is 26.7 Å². The van der Waals surface area contributed by atoms with Crippen LogP contribution < -0.4 is 0 Å². The van der Waals surface area contributed by atoms with Gasteiger partial charge in [0.05, 0.1) is 17.0 Å². The fourth-order valence-corrected chi connectivity index (χ4v) is 6.08. The van der Waals surface area contributed by atoms with Crippen LogP contribution in [0.5, 0.6) is 0 Å². The molecule has 0 saturated carbocycles. The van der Waals surface area contributed by atoms with Gasteiger partial charge in [-0.15, -0.1) is 11.8 Å². The molecule has 0 bridgehead atoms. The zero-order valence-electron chi connectivity index (χ0n) is 20.0. The first-order valence-electron chi connectivity index (χ1n) is 10.8. The van der Waals surface area contributed by atoms with Crippen molar-refractivity contribution in [2.75, 3.05) is 6.26 Å². The summed E-state index contributed by atoms with van der Waals surface area (Å²) in [5.74, 6) is 0. The molecule has 1 unspecified atom stereocenters. The van der Waals surface area contributed by atoms with Gasteiger partial charge in [-0.2, -0.15) is 13.2 Å². The van der Waals surface area contributed by atoms with Gasteiger partial charge in [-0.25, -0.2) is 13.4 Å². The molecule has 3 rings (SSSR count). The van der Waals surface area contributed by atoms with Crippen LogP contribution in [-0.2, 0) is 21.7 Å². The van der Waals surface area contributed by atoms with E-state index in [0.29, 0.717) is 21.5 Å². The molecule has 0 fully saturated rings. The van der Waals surface area contributed by atoms with Gasteiger partial charge in [-0.3, -0.25) is 0 Å². The van der Waals surface area contributed by atoms with Gasteiger partial charge < -0.3 is 10.1 Å². The number of hydrogen-bond donors (Lipinski definition) is 2. The minimum Gasteiger partial charge on any atom is -0.380 e. The molecule has 2 heterocycles. The number of hydrogen-bond acceptors (Lipinski definition) is 5. The molecule has 0 radical (unpaired) electrons. The van der Waals surface area contributed by atoms with Crippen LogP contribution in [0.4, 0.5) is 13.2 Å². The Morgan fingerprint density at radius 2 is 1.83 bits per heavy atom. The van der Waals surface area contributed by atoms with E-state index in [1.165, 1.54) is 43.9 Å². The minimum absolute atomic E-state index is 0.118. The first kappa shape index (κ1) is 27.8. The maximum absolute atomic E-state index is 14.3. The molecule has 0 aliphatic rings. The number of pyridine rings is 1. The van der Waals surface area contributed by atoms with Crippen molar-refractivity contribution in [3.63, 3.8) is 0 Å². The number of nitrogens with zero attached hydrogens (tertiary/aromatic N) is 1. The van der Waals surface area contributed by atoms with E-state index in [4.69, 9.17) is 11.6 Å². The highest BCUT2D eigenvalue weighted by Crippen LogP contribution is 2.45. The number of alkyl halides is 3. The van der Waals surface area contributed by atoms with E-state index in [9.17, 15) is 26.7 Å². The van der Waals surface area contributed by atoms with Crippen LogP contribution in [0.2, 0.25) is 5.02 Å². The Morgan fingerprint density at radius 3 is 2.40 bits per heavy atom. The number of nitrogens with one attached hydrogen (secondary N) is 1. The number of fused-ring (bicyclic) bond motifs is 1. The smallest absolute Gasteiger partial charge is 0.380 e. The quantitative estimate of drug-likeness (QED) is 0.322. The maximum Gasteiger partial charge on any atom is 0.417 e. The summed E-state index contributed by atoms with van der Waals surface area (Å²) in [4.78, 5) is 7.59. The fourth-order valence-electron chi connectivity index (χ4n) is 4.18. The Balaban J connectivity index is 2.01. The molecule has 11 heteroatoms. The van der Waals surface area contributed by atoms with Crippen molar-refractivity contribution in [2.45, 2.75) is 72.9 Å². The van der Waals surface area contributed by atoms with Crippen LogP contribution in [0.25, 0.3) is 10.9 Å². The first-order chi connectivity index (χ1) is 16.0. The van der Waals surface area contributed by atoms with Crippen LogP contribution in [0, 0.1) is 0 Å². The number of H-pyrrole nitrogens is 1. The van der Waals surface area contributed by atoms with Crippen LogP contribution >= 0.6 is 23.4 Å². The third-order valence-corrected chi connectivity index (χ3v) is 9.16. The third-order valence-electron chi connectivity index (χ3n) is 6.08. The number of aromatic nitrogens is 2. The van der Waals surface area contributed by atoms with E-state index in [1.807, 2.05) is 6.26 Å². The molecule has 0 aliphatic carbocycles. The van der Waals surface area contributed by atoms with E-state index < -0.39 is 45.1 Å². The number of rotatable bonds is 8. The number of sulfone groups is 1. The average molecular weight is 549 g/mol. The molecule has 0 spiro atoms. The molecule has 2 N–H and O–H groups in total. The molecule has 192 valence electrons. The second-order valence-corrected chi connectivity index (χ2v) is 13.3. The lowest BCUT2D eigenvalue weighted by Crippen LogP contribution is -2.51. The summed E-state index contributed by atoms with van der Waals surface area (Å²) in [6, 6.07) is 7.82. The van der Waals surface area contributed by atoms with Gasteiger partial charge in [0.15, 0.2) is 20.5 Å². The second-order valence-electron chi connectivity index (χ2n) is 9.61. The average Bonchev–Trinajstić information content (AvgIpc) is 3.13. The predicted molar refractivity (Wildman–Crippen MR) is 134 cm³/mol. The van der Waals surface area contributed by atoms with E-state index >= 15 is 0 Å². The summed E-state index contributed by atoms with van der Waals surface area (Å²) in [6.07, 6.45) is -3.18. The summed E-state index contributed by atoms with van der Waals surface area (Å²) in [5, 5.41) is 11.0. The van der Waals surface area contributed by atoms with Gasteiger partial charge in [0.25, 0.3) is 0 Å². The van der Waals surface area contributed by atoms with Crippen LogP contribution in [0.1, 0.15) is 45.4 Å². The highest BCUT2D eigenvalue weighted by molar-refractivity contribution is 7.98. The van der Waals surface area contributed by atoms with Gasteiger partial charge >= 0.3 is 6.18 Å². The summed E-state index contributed by atoms with van der Waals surface area (Å²) in [6.45, 7) is 6.34. The van der Waals surface area contributed by atoms with Gasteiger partial charge in [0.2, 0.25) is 0 Å². The lowest BCUT2D eigenvalue weighted by atomic mass is 9.73. The summed E-state index contributed by atoms with van der Waals surface area (Å²) >= 11 is 7.53. The molecule has 0 aliphatic heterocycles. The van der Waals surface area contributed by atoms with Gasteiger partial charge in [-0.05, 0) is 67.8 Å². The van der Waals surface area contributed by atoms with Gasteiger partial charge in [0, 0.05) is 27.4 Å². The molecular formula is C24H28ClF3N2O3S2. The Kier molecular flexibility index (Phi) is 7.64. The standard InChI is InChI=1S/C24H28ClF3N2O3S2/c1-14(2)35(32,33)21-9-15-8-17(30-19(15)12-29-21)11-23(31,24(26,27)28)13-22(3,4)18-10-16(25)6-7-20(18)34-5/h6-10,12,14,30-31H,11,13H2,1-5H3. The lowest BCUT2D eigenvalue weighted by molar-refractivity contribution is -0.266. The minimum atomic E-state index is -4.93. The molecule has 1 aromatic carbocycles. The van der Waals surface area contributed by atoms with Crippen LogP contribution in [0.3, 0.4) is 0 Å². The second kappa shape index (κ2) is 9.61. The maximum atomic E-state index is 14.3. The normalized spacial score (nSPS) is 15.1. The summed E-state index contributed by atoms with van der Waals surface area (Å²) in [5.41, 5.74) is -3.02. The Labute approximate surface area is 212 Å². The number of halogens is 4. The zero-order valence-corrected chi connectivity index (χ0v) is 22.4. The van der Waals surface area contributed by atoms with Crippen molar-refractivity contribution in [3.05, 3.63) is 52.8 Å². The van der Waals surface area contributed by atoms with Crippen molar-refractivity contribution in [2.24, 2.45) is 0 Å². The van der Waals surface area contributed by atoms with E-state index in [2.05, 4.69) is 9.97 Å².